The lowest BCUT2D eigenvalue weighted by molar-refractivity contribution is -0.160. The zero-order valence-electron chi connectivity index (χ0n) is 32.1. The molecule has 0 aromatic heterocycles. The number of aliphatic hydroxyl groups is 2. The van der Waals surface area contributed by atoms with Crippen molar-refractivity contribution in [2.45, 2.75) is 85.6 Å². The maximum absolute atomic E-state index is 14.2. The zero-order chi connectivity index (χ0) is 40.4. The van der Waals surface area contributed by atoms with Crippen LogP contribution in [-0.2, 0) is 23.8 Å². The van der Waals surface area contributed by atoms with Crippen LogP contribution in [0.4, 0.5) is 5.69 Å². The number of hydrogen-bond donors (Lipinski definition) is 7. The normalized spacial score (nSPS) is 31.7. The molecule has 3 aliphatic rings. The van der Waals surface area contributed by atoms with Crippen molar-refractivity contribution < 1.29 is 58.9 Å². The van der Waals surface area contributed by atoms with E-state index in [0.717, 1.165) is 6.21 Å². The number of hydrazone groups is 1. The Morgan fingerprint density at radius 3 is 2.26 bits per heavy atom. The summed E-state index contributed by atoms with van der Waals surface area (Å²) in [7, 11) is 2.91. The van der Waals surface area contributed by atoms with Crippen molar-refractivity contribution in [2.75, 3.05) is 19.5 Å². The molecule has 15 heteroatoms. The number of carbonyl (C=O) groups excluding carboxylic acids is 3. The number of benzene rings is 2. The highest BCUT2D eigenvalue weighted by Crippen LogP contribution is 2.55. The van der Waals surface area contributed by atoms with Gasteiger partial charge in [-0.3, -0.25) is 14.4 Å². The summed E-state index contributed by atoms with van der Waals surface area (Å²) in [6, 6.07) is 0. The summed E-state index contributed by atoms with van der Waals surface area (Å²) in [5, 5.41) is 63.4. The van der Waals surface area contributed by atoms with Crippen molar-refractivity contribution in [1.29, 1.82) is 0 Å². The van der Waals surface area contributed by atoms with Gasteiger partial charge in [-0.25, -0.2) is 0 Å². The van der Waals surface area contributed by atoms with Crippen molar-refractivity contribution >= 4 is 40.3 Å². The van der Waals surface area contributed by atoms with Crippen LogP contribution < -0.4 is 15.5 Å². The zero-order valence-corrected chi connectivity index (χ0v) is 32.1. The summed E-state index contributed by atoms with van der Waals surface area (Å²) in [5.74, 6) is -8.46. The minimum absolute atomic E-state index is 0.0446. The second-order valence-electron chi connectivity index (χ2n) is 14.1. The second-order valence-corrected chi connectivity index (χ2v) is 14.1. The lowest BCUT2D eigenvalue weighted by Gasteiger charge is -2.38. The molecule has 3 heterocycles. The summed E-state index contributed by atoms with van der Waals surface area (Å²) in [4.78, 5) is 39.9. The fourth-order valence-corrected chi connectivity index (χ4v) is 7.00. The van der Waals surface area contributed by atoms with Gasteiger partial charge in [0.25, 0.3) is 11.7 Å². The minimum atomic E-state index is -2.04. The van der Waals surface area contributed by atoms with Crippen molar-refractivity contribution in [3.63, 3.8) is 0 Å². The second kappa shape index (κ2) is 16.5. The third kappa shape index (κ3) is 7.74. The van der Waals surface area contributed by atoms with Gasteiger partial charge in [0, 0.05) is 68.2 Å². The average Bonchev–Trinajstić information content (AvgIpc) is 3.39. The number of esters is 1. The number of aliphatic hydroxyl groups excluding tert-OH is 2. The molecule has 2 aromatic carbocycles. The predicted molar refractivity (Wildman–Crippen MR) is 200 cm³/mol. The van der Waals surface area contributed by atoms with Crippen LogP contribution in [0.5, 0.6) is 23.0 Å². The summed E-state index contributed by atoms with van der Waals surface area (Å²) < 4.78 is 23.4. The maximum Gasteiger partial charge on any atom is 0.312 e. The van der Waals surface area contributed by atoms with E-state index in [4.69, 9.17) is 18.9 Å². The fraction of sp³-hybridized carbons (Fsp3) is 0.487. The number of rotatable bonds is 4. The Morgan fingerprint density at radius 2 is 1.65 bits per heavy atom. The van der Waals surface area contributed by atoms with Crippen LogP contribution in [-0.4, -0.2) is 93.8 Å². The van der Waals surface area contributed by atoms with Gasteiger partial charge in [-0.05, 0) is 19.9 Å². The van der Waals surface area contributed by atoms with Crippen LogP contribution in [0.3, 0.4) is 0 Å². The number of amides is 1. The highest BCUT2D eigenvalue weighted by atomic mass is 16.7. The Labute approximate surface area is 313 Å². The van der Waals surface area contributed by atoms with E-state index >= 15 is 0 Å². The molecular weight excluding hydrogens is 702 g/mol. The van der Waals surface area contributed by atoms with Crippen LogP contribution in [0.1, 0.15) is 70.0 Å². The molecule has 0 fully saturated rings. The molecular formula is C39H51N3O12. The quantitative estimate of drug-likeness (QED) is 0.0761. The van der Waals surface area contributed by atoms with Gasteiger partial charge in [-0.2, -0.15) is 5.10 Å². The smallest absolute Gasteiger partial charge is 0.312 e. The van der Waals surface area contributed by atoms with E-state index in [2.05, 4.69) is 15.8 Å². The van der Waals surface area contributed by atoms with E-state index in [0.29, 0.717) is 0 Å². The standard InChI is InChI=1S/C39H51N3O12/c1-17-12-11-13-18(2)38(50)42-29-24(16-41-40-9)33(47)26-27(34(29)48)32(46)22(6)36-28(26)37(49)39(8,54-36)52-15-14-25(51-10)19(3)35(53-23(7)43)21(5)31(45)20(4)30(17)44/h11-17,19-21,25,30-31,35,40,44-48H,1-10H3,(H,42,50)/b12-11+,15-14+,18-13-,41-16?/t17-,19-,20-,21-,25+,30+,31-,35-,39+/m1/s1. The van der Waals surface area contributed by atoms with Gasteiger partial charge < -0.3 is 55.2 Å². The molecule has 0 spiro atoms. The molecule has 54 heavy (non-hydrogen) atoms. The Kier molecular flexibility index (Phi) is 12.7. The molecule has 0 saturated carbocycles. The molecule has 0 unspecified atom stereocenters. The van der Waals surface area contributed by atoms with E-state index < -0.39 is 88.8 Å². The lowest BCUT2D eigenvalue weighted by atomic mass is 9.78. The van der Waals surface area contributed by atoms with E-state index in [1.807, 2.05) is 0 Å². The van der Waals surface area contributed by atoms with Gasteiger partial charge >= 0.3 is 11.8 Å². The fourth-order valence-electron chi connectivity index (χ4n) is 7.00. The number of ketones is 1. The number of nitrogens with one attached hydrogen (secondary N) is 2. The topological polar surface area (TPSA) is 226 Å². The Hall–Kier alpha value is -5.12. The first-order chi connectivity index (χ1) is 25.3. The summed E-state index contributed by atoms with van der Waals surface area (Å²) in [6.07, 6.45) is 4.62. The number of methoxy groups -OCH3 is 1. The van der Waals surface area contributed by atoms with Crippen LogP contribution in [0.25, 0.3) is 10.8 Å². The van der Waals surface area contributed by atoms with Crippen molar-refractivity contribution in [1.82, 2.24) is 5.43 Å². The van der Waals surface area contributed by atoms with E-state index in [1.165, 1.54) is 60.3 Å². The molecule has 294 valence electrons. The van der Waals surface area contributed by atoms with Crippen molar-refractivity contribution in [2.24, 2.45) is 28.8 Å². The Bertz CT molecular complexity index is 1920. The average molecular weight is 754 g/mol. The molecule has 5 rings (SSSR count). The van der Waals surface area contributed by atoms with Crippen LogP contribution in [0.15, 0.2) is 41.2 Å². The Morgan fingerprint density at radius 1 is 0.981 bits per heavy atom. The van der Waals surface area contributed by atoms with Gasteiger partial charge in [-0.15, -0.1) is 0 Å². The highest BCUT2D eigenvalue weighted by Gasteiger charge is 2.50. The number of hydrogen-bond acceptors (Lipinski definition) is 14. The van der Waals surface area contributed by atoms with Gasteiger partial charge in [-0.1, -0.05) is 45.9 Å². The van der Waals surface area contributed by atoms with Crippen LogP contribution >= 0.6 is 0 Å². The minimum Gasteiger partial charge on any atom is -0.507 e. The third-order valence-corrected chi connectivity index (χ3v) is 10.4. The number of Topliss-reactive ketones (excluding diaryl/α,β-unsaturated/α-hetero) is 1. The number of carbonyl (C=O) groups is 3. The van der Waals surface area contributed by atoms with Crippen molar-refractivity contribution in [3.05, 3.63) is 52.8 Å². The van der Waals surface area contributed by atoms with E-state index in [9.17, 15) is 39.9 Å². The lowest BCUT2D eigenvalue weighted by Crippen LogP contribution is -2.46. The summed E-state index contributed by atoms with van der Waals surface area (Å²) in [6.45, 7) is 12.4. The number of fused-ring (bicyclic) bond motifs is 14. The van der Waals surface area contributed by atoms with Gasteiger partial charge in [0.05, 0.1) is 53.0 Å². The first-order valence-corrected chi connectivity index (χ1v) is 17.6. The third-order valence-electron chi connectivity index (χ3n) is 10.4. The molecule has 3 aliphatic heterocycles. The number of ether oxygens (including phenoxy) is 4. The molecule has 0 radical (unpaired) electrons. The molecule has 2 aromatic rings. The summed E-state index contributed by atoms with van der Waals surface area (Å²) >= 11 is 0. The number of anilines is 1. The number of allylic oxidation sites excluding steroid dienone is 2. The highest BCUT2D eigenvalue weighted by molar-refractivity contribution is 6.23. The largest absolute Gasteiger partial charge is 0.507 e. The van der Waals surface area contributed by atoms with Crippen molar-refractivity contribution in [3.8, 4) is 23.0 Å². The van der Waals surface area contributed by atoms with Gasteiger partial charge in [0.1, 0.15) is 23.4 Å². The van der Waals surface area contributed by atoms with Crippen LogP contribution in [0.2, 0.25) is 0 Å². The summed E-state index contributed by atoms with van der Waals surface area (Å²) in [5.41, 5.74) is 2.05. The molecule has 1 amide bonds. The molecule has 9 atom stereocenters. The number of aromatic hydroxyl groups is 3. The maximum atomic E-state index is 14.2. The molecule has 7 N–H and O–H groups in total. The van der Waals surface area contributed by atoms with Gasteiger partial charge in [0.2, 0.25) is 0 Å². The first-order valence-electron chi connectivity index (χ1n) is 17.6. The molecule has 0 aliphatic carbocycles. The predicted octanol–water partition coefficient (Wildman–Crippen LogP) is 4.31. The number of phenols is 3. The molecule has 0 saturated heterocycles. The Balaban J connectivity index is 1.96. The monoisotopic (exact) mass is 753 g/mol. The van der Waals surface area contributed by atoms with E-state index in [1.54, 1.807) is 39.8 Å². The SMILES string of the molecule is CNN=Cc1c2c(O)c3c(O)c(C)c4c(c3c1O)C(=O)[C@@](C)(O/C=C/[C@H](OC)[C@@H](C)[C@@H](OC(C)=O)[C@H](C)[C@H](O)[C@H](C)[C@@H](O)[C@H](C)/C=C/C=C(/C)C(=O)N2)O4. The van der Waals surface area contributed by atoms with E-state index in [-0.39, 0.29) is 44.5 Å². The molecule has 15 nitrogen and oxygen atoms in total. The molecule has 5 bridgehead atoms. The number of phenolic OH excluding ortho intramolecular Hbond substituents is 3. The van der Waals surface area contributed by atoms with Crippen LogP contribution in [0, 0.1) is 30.6 Å². The first kappa shape index (κ1) is 41.6. The van der Waals surface area contributed by atoms with Gasteiger partial charge in [0.15, 0.2) is 5.75 Å². The number of nitrogens with zero attached hydrogens (tertiary/aromatic N) is 1.